The Morgan fingerprint density at radius 3 is 2.14 bits per heavy atom. The molecule has 0 aromatic heterocycles. The van der Waals surface area contributed by atoms with Gasteiger partial charge in [-0.15, -0.1) is 0 Å². The van der Waals surface area contributed by atoms with Gasteiger partial charge in [-0.25, -0.2) is 0 Å². The molecule has 3 unspecified atom stereocenters. The molecule has 0 aromatic carbocycles. The van der Waals surface area contributed by atoms with Crippen LogP contribution in [0.2, 0.25) is 0 Å². The predicted octanol–water partition coefficient (Wildman–Crippen LogP) is 16.4. The number of nitrogens with zero attached hydrogens (tertiary/aromatic N) is 1. The second kappa shape index (κ2) is 30.0. The van der Waals surface area contributed by atoms with Crippen molar-refractivity contribution in [1.29, 1.82) is 0 Å². The molecule has 5 aliphatic rings. The first-order valence-corrected chi connectivity index (χ1v) is 28.6. The molecule has 1 saturated heterocycles. The van der Waals surface area contributed by atoms with Gasteiger partial charge >= 0.3 is 0 Å². The first-order valence-electron chi connectivity index (χ1n) is 28.6. The fraction of sp³-hybridized carbons (Fsp3) is 0.932. The first kappa shape index (κ1) is 54.2. The largest absolute Gasteiger partial charge is 0.381 e. The fourth-order valence-electron chi connectivity index (χ4n) is 14.1. The summed E-state index contributed by atoms with van der Waals surface area (Å²) in [5.41, 5.74) is 2.73. The van der Waals surface area contributed by atoms with E-state index in [1.807, 2.05) is 0 Å². The molecule has 0 radical (unpaired) electrons. The van der Waals surface area contributed by atoms with Crippen molar-refractivity contribution >= 4 is 0 Å². The average Bonchev–Trinajstić information content (AvgIpc) is 3.86. The third-order valence-electron chi connectivity index (χ3n) is 18.1. The lowest BCUT2D eigenvalue weighted by Crippen LogP contribution is -2.51. The second-order valence-corrected chi connectivity index (χ2v) is 23.3. The number of hydrogen-bond donors (Lipinski definition) is 0. The molecule has 3 saturated carbocycles. The van der Waals surface area contributed by atoms with Crippen molar-refractivity contribution in [2.45, 2.75) is 253 Å². The number of ether oxygens (including phenoxy) is 4. The van der Waals surface area contributed by atoms with E-state index < -0.39 is 0 Å². The average molecular weight is 897 g/mol. The van der Waals surface area contributed by atoms with E-state index in [2.05, 4.69) is 71.6 Å². The van der Waals surface area contributed by atoms with E-state index in [1.165, 1.54) is 173 Å². The summed E-state index contributed by atoms with van der Waals surface area (Å²) >= 11 is 0. The summed E-state index contributed by atoms with van der Waals surface area (Å²) < 4.78 is 25.3. The van der Waals surface area contributed by atoms with Crippen molar-refractivity contribution in [2.75, 3.05) is 52.7 Å². The van der Waals surface area contributed by atoms with Crippen molar-refractivity contribution in [3.05, 3.63) is 23.8 Å². The quantitative estimate of drug-likeness (QED) is 0.0468. The van der Waals surface area contributed by atoms with Gasteiger partial charge in [-0.1, -0.05) is 142 Å². The Labute approximate surface area is 399 Å². The fourth-order valence-corrected chi connectivity index (χ4v) is 14.1. The third kappa shape index (κ3) is 17.4. The van der Waals surface area contributed by atoms with Crippen molar-refractivity contribution in [3.63, 3.8) is 0 Å². The number of allylic oxidation sites excluding steroid dienone is 3. The Bertz CT molecular complexity index is 1290. The van der Waals surface area contributed by atoms with Crippen LogP contribution in [0.5, 0.6) is 0 Å². The highest BCUT2D eigenvalue weighted by molar-refractivity contribution is 5.25. The second-order valence-electron chi connectivity index (χ2n) is 23.3. The topological polar surface area (TPSA) is 40.2 Å². The highest BCUT2D eigenvalue weighted by Gasteiger charge is 2.59. The zero-order valence-corrected chi connectivity index (χ0v) is 43.7. The molecule has 5 rings (SSSR count). The maximum Gasteiger partial charge on any atom is 0.0935 e. The molecule has 5 heteroatoms. The van der Waals surface area contributed by atoms with Crippen LogP contribution in [0.1, 0.15) is 236 Å². The number of fused-ring (bicyclic) bond motifs is 5. The normalized spacial score (nSPS) is 30.5. The van der Waals surface area contributed by atoms with Crippen LogP contribution in [0.25, 0.3) is 0 Å². The number of hydrogen-bond acceptors (Lipinski definition) is 5. The number of likely N-dealkylation sites (tertiary alicyclic amines) is 1. The summed E-state index contributed by atoms with van der Waals surface area (Å²) in [6.45, 7) is 24.3. The molecule has 1 heterocycles. The SMILES string of the molecule is CCCCCCCC/C=C\CCCCCCCCOCC(CN1CCCC1C)OCCCOCCCO[C@H]1CC[C@@]2(C)C(=CC[C@@H]3C2CC[C@]2(C)[C@@H]([C@H](C)CCCC(C)C)CC[C@@H]32)C1.[HH]. The molecule has 0 N–H and O–H groups in total. The molecule has 0 spiro atoms. The number of unbranched alkanes of at least 4 members (excludes halogenated alkanes) is 12. The van der Waals surface area contributed by atoms with Crippen LogP contribution in [0.3, 0.4) is 0 Å². The van der Waals surface area contributed by atoms with Gasteiger partial charge in [-0.3, -0.25) is 4.90 Å². The monoisotopic (exact) mass is 896 g/mol. The Kier molecular flexibility index (Phi) is 25.4. The van der Waals surface area contributed by atoms with Gasteiger partial charge in [0.05, 0.1) is 18.8 Å². The summed E-state index contributed by atoms with van der Waals surface area (Å²) in [4.78, 5) is 2.61. The Hall–Kier alpha value is -0.720. The molecule has 0 amide bonds. The summed E-state index contributed by atoms with van der Waals surface area (Å²) in [6, 6.07) is 0.657. The van der Waals surface area contributed by atoms with Crippen LogP contribution < -0.4 is 0 Å². The maximum absolute atomic E-state index is 6.56. The standard InChI is InChI=1S/C59H107NO4.H2/c1-8-9-10-11-12-13-14-15-16-17-18-19-20-21-22-23-40-62-47-53(46-60-39-25-30-50(60)5)64-44-27-42-61-41-26-43-63-52-35-37-58(6)51(45-52)31-32-54-56-34-33-55(49(4)29-24-28-48(2)3)59(56,7)38-36-57(54)58;/h15-16,31,48-50,52-57H,8-14,17-30,32-47H2,1-7H3;1H/b16-15-;/t49-,50?,52+,53?,54+,55-,56+,57?,58+,59-;/m1./s1. The van der Waals surface area contributed by atoms with Crippen molar-refractivity contribution in [2.24, 2.45) is 46.3 Å². The van der Waals surface area contributed by atoms with Crippen molar-refractivity contribution < 1.29 is 20.4 Å². The van der Waals surface area contributed by atoms with E-state index in [4.69, 9.17) is 18.9 Å². The lowest BCUT2D eigenvalue weighted by atomic mass is 9.47. The molecule has 10 atom stereocenters. The highest BCUT2D eigenvalue weighted by atomic mass is 16.5. The highest BCUT2D eigenvalue weighted by Crippen LogP contribution is 2.67. The van der Waals surface area contributed by atoms with Crippen LogP contribution in [0, 0.1) is 46.3 Å². The van der Waals surface area contributed by atoms with Crippen LogP contribution in [-0.4, -0.2) is 75.9 Å². The minimum absolute atomic E-state index is 0. The van der Waals surface area contributed by atoms with Crippen LogP contribution in [0.15, 0.2) is 23.8 Å². The summed E-state index contributed by atoms with van der Waals surface area (Å²) in [5, 5.41) is 0. The van der Waals surface area contributed by atoms with E-state index in [0.717, 1.165) is 94.3 Å². The zero-order chi connectivity index (χ0) is 45.5. The Balaban J connectivity index is 0.00000925. The molecule has 374 valence electrons. The van der Waals surface area contributed by atoms with Crippen LogP contribution in [-0.2, 0) is 18.9 Å². The molecular formula is C59H109NO4. The van der Waals surface area contributed by atoms with Gasteiger partial charge in [-0.05, 0) is 169 Å². The van der Waals surface area contributed by atoms with Crippen LogP contribution in [0.4, 0.5) is 0 Å². The smallest absolute Gasteiger partial charge is 0.0935 e. The van der Waals surface area contributed by atoms with E-state index in [9.17, 15) is 0 Å². The molecule has 4 fully saturated rings. The zero-order valence-electron chi connectivity index (χ0n) is 43.7. The van der Waals surface area contributed by atoms with Gasteiger partial charge in [0.2, 0.25) is 0 Å². The van der Waals surface area contributed by atoms with E-state index in [0.29, 0.717) is 29.6 Å². The summed E-state index contributed by atoms with van der Waals surface area (Å²) in [6.07, 6.45) is 46.6. The first-order chi connectivity index (χ1) is 31.2. The van der Waals surface area contributed by atoms with E-state index >= 15 is 0 Å². The molecule has 4 aliphatic carbocycles. The van der Waals surface area contributed by atoms with Gasteiger partial charge in [0, 0.05) is 47.0 Å². The molecule has 0 aromatic rings. The molecular weight excluding hydrogens is 787 g/mol. The minimum atomic E-state index is 0. The van der Waals surface area contributed by atoms with Gasteiger partial charge in [0.15, 0.2) is 0 Å². The van der Waals surface area contributed by atoms with Crippen LogP contribution >= 0.6 is 0 Å². The molecule has 1 aliphatic heterocycles. The summed E-state index contributed by atoms with van der Waals surface area (Å²) in [7, 11) is 0. The Morgan fingerprint density at radius 2 is 1.42 bits per heavy atom. The number of rotatable bonds is 35. The van der Waals surface area contributed by atoms with Gasteiger partial charge in [0.25, 0.3) is 0 Å². The van der Waals surface area contributed by atoms with Crippen molar-refractivity contribution in [1.82, 2.24) is 4.90 Å². The molecule has 0 bridgehead atoms. The van der Waals surface area contributed by atoms with E-state index in [1.54, 1.807) is 5.57 Å². The molecule has 5 nitrogen and oxygen atoms in total. The van der Waals surface area contributed by atoms with Gasteiger partial charge in [-0.2, -0.15) is 0 Å². The minimum Gasteiger partial charge on any atom is -0.381 e. The third-order valence-corrected chi connectivity index (χ3v) is 18.1. The van der Waals surface area contributed by atoms with Crippen molar-refractivity contribution in [3.8, 4) is 0 Å². The molecule has 64 heavy (non-hydrogen) atoms. The van der Waals surface area contributed by atoms with Gasteiger partial charge in [0.1, 0.15) is 0 Å². The predicted molar refractivity (Wildman–Crippen MR) is 275 cm³/mol. The Morgan fingerprint density at radius 1 is 0.719 bits per heavy atom. The lowest BCUT2D eigenvalue weighted by Gasteiger charge is -2.58. The van der Waals surface area contributed by atoms with E-state index in [-0.39, 0.29) is 7.53 Å². The summed E-state index contributed by atoms with van der Waals surface area (Å²) in [5.74, 6) is 5.41. The maximum atomic E-state index is 6.56. The van der Waals surface area contributed by atoms with Gasteiger partial charge < -0.3 is 18.9 Å². The lowest BCUT2D eigenvalue weighted by molar-refractivity contribution is -0.0651.